The average molecular weight is 261 g/mol. The summed E-state index contributed by atoms with van der Waals surface area (Å²) in [7, 11) is 0. The fourth-order valence-electron chi connectivity index (χ4n) is 1.38. The Morgan fingerprint density at radius 2 is 1.89 bits per heavy atom. The number of hydrogen-bond donors (Lipinski definition) is 1. The van der Waals surface area contributed by atoms with Crippen LogP contribution in [0.5, 0.6) is 5.75 Å². The summed E-state index contributed by atoms with van der Waals surface area (Å²) in [5.74, 6) is 1.68. The molecule has 0 aliphatic carbocycles. The molecule has 0 unspecified atom stereocenters. The molecule has 0 amide bonds. The zero-order valence-corrected chi connectivity index (χ0v) is 10.8. The highest BCUT2D eigenvalue weighted by atomic mass is 32.2. The minimum atomic E-state index is 0.647. The van der Waals surface area contributed by atoms with E-state index in [4.69, 9.17) is 10.5 Å². The summed E-state index contributed by atoms with van der Waals surface area (Å²) in [5, 5.41) is 0.803. The highest BCUT2D eigenvalue weighted by Crippen LogP contribution is 2.20. The molecule has 1 aromatic carbocycles. The van der Waals surface area contributed by atoms with Crippen LogP contribution in [0, 0.1) is 0 Å². The zero-order chi connectivity index (χ0) is 12.6. The number of thioether (sulfide) groups is 1. The van der Waals surface area contributed by atoms with Crippen LogP contribution in [-0.2, 0) is 0 Å². The molecule has 1 heterocycles. The van der Waals surface area contributed by atoms with Crippen molar-refractivity contribution in [2.75, 3.05) is 18.1 Å². The Bertz CT molecular complexity index is 479. The Hall–Kier alpha value is -1.75. The molecule has 2 N–H and O–H groups in total. The summed E-state index contributed by atoms with van der Waals surface area (Å²) in [5.41, 5.74) is 6.45. The van der Waals surface area contributed by atoms with Crippen molar-refractivity contribution in [3.8, 4) is 5.75 Å². The quantitative estimate of drug-likeness (QED) is 0.375. The number of ether oxygens (including phenoxy) is 1. The number of para-hydroxylation sites is 2. The van der Waals surface area contributed by atoms with E-state index in [1.807, 2.05) is 30.3 Å². The minimum Gasteiger partial charge on any atom is -0.491 e. The number of hydrogen-bond acceptors (Lipinski definition) is 5. The smallest absolute Gasteiger partial charge is 0.187 e. The van der Waals surface area contributed by atoms with Crippen molar-refractivity contribution in [1.29, 1.82) is 0 Å². The van der Waals surface area contributed by atoms with E-state index in [2.05, 4.69) is 9.97 Å². The van der Waals surface area contributed by atoms with E-state index in [0.717, 1.165) is 23.1 Å². The largest absolute Gasteiger partial charge is 0.491 e. The predicted molar refractivity (Wildman–Crippen MR) is 73.7 cm³/mol. The van der Waals surface area contributed by atoms with E-state index in [1.165, 1.54) is 0 Å². The van der Waals surface area contributed by atoms with Crippen molar-refractivity contribution in [1.82, 2.24) is 9.97 Å². The first kappa shape index (κ1) is 12.7. The Morgan fingerprint density at radius 3 is 2.67 bits per heavy atom. The van der Waals surface area contributed by atoms with Crippen molar-refractivity contribution < 1.29 is 4.74 Å². The van der Waals surface area contributed by atoms with Gasteiger partial charge < -0.3 is 10.5 Å². The van der Waals surface area contributed by atoms with Crippen LogP contribution < -0.4 is 10.5 Å². The van der Waals surface area contributed by atoms with Gasteiger partial charge in [-0.05, 0) is 24.6 Å². The van der Waals surface area contributed by atoms with Gasteiger partial charge in [0.2, 0.25) is 0 Å². The standard InChI is InChI=1S/C13H15N3OS/c14-11-5-1-2-6-12(11)17-9-4-10-18-13-15-7-3-8-16-13/h1-3,5-8H,4,9-10,14H2. The van der Waals surface area contributed by atoms with Crippen LogP contribution in [0.2, 0.25) is 0 Å². The van der Waals surface area contributed by atoms with Gasteiger partial charge in [0.25, 0.3) is 0 Å². The van der Waals surface area contributed by atoms with Gasteiger partial charge in [0, 0.05) is 18.1 Å². The molecule has 0 aliphatic heterocycles. The fourth-order valence-corrected chi connectivity index (χ4v) is 2.09. The first-order chi connectivity index (χ1) is 8.86. The first-order valence-corrected chi connectivity index (χ1v) is 6.72. The molecule has 0 fully saturated rings. The Labute approximate surface area is 111 Å². The molecule has 0 saturated carbocycles. The van der Waals surface area contributed by atoms with Gasteiger partial charge in [0.1, 0.15) is 5.75 Å². The van der Waals surface area contributed by atoms with Crippen LogP contribution in [0.1, 0.15) is 6.42 Å². The maximum absolute atomic E-state index is 5.78. The topological polar surface area (TPSA) is 61.0 Å². The number of aromatic nitrogens is 2. The third-order valence-electron chi connectivity index (χ3n) is 2.24. The number of nitrogens with two attached hydrogens (primary N) is 1. The maximum atomic E-state index is 5.78. The minimum absolute atomic E-state index is 0.647. The summed E-state index contributed by atoms with van der Waals surface area (Å²) in [4.78, 5) is 8.28. The Morgan fingerprint density at radius 1 is 1.11 bits per heavy atom. The second-order valence-electron chi connectivity index (χ2n) is 3.62. The molecule has 0 aliphatic rings. The highest BCUT2D eigenvalue weighted by molar-refractivity contribution is 7.99. The number of nitrogens with zero attached hydrogens (tertiary/aromatic N) is 2. The van der Waals surface area contributed by atoms with Gasteiger partial charge in [-0.15, -0.1) is 0 Å². The van der Waals surface area contributed by atoms with Crippen LogP contribution in [0.15, 0.2) is 47.9 Å². The second kappa shape index (κ2) is 6.86. The van der Waals surface area contributed by atoms with Crippen molar-refractivity contribution in [3.05, 3.63) is 42.7 Å². The van der Waals surface area contributed by atoms with Crippen LogP contribution in [0.4, 0.5) is 5.69 Å². The molecule has 1 aromatic heterocycles. The number of benzene rings is 1. The van der Waals surface area contributed by atoms with Gasteiger partial charge in [0.05, 0.1) is 12.3 Å². The highest BCUT2D eigenvalue weighted by Gasteiger charge is 1.99. The Kier molecular flexibility index (Phi) is 4.84. The first-order valence-electron chi connectivity index (χ1n) is 5.73. The van der Waals surface area contributed by atoms with E-state index in [1.54, 1.807) is 24.2 Å². The number of nitrogen functional groups attached to an aromatic ring is 1. The molecule has 18 heavy (non-hydrogen) atoms. The predicted octanol–water partition coefficient (Wildman–Crippen LogP) is 2.62. The molecule has 2 rings (SSSR count). The third-order valence-corrected chi connectivity index (χ3v) is 3.20. The molecule has 5 heteroatoms. The van der Waals surface area contributed by atoms with E-state index in [-0.39, 0.29) is 0 Å². The monoisotopic (exact) mass is 261 g/mol. The summed E-state index contributed by atoms with van der Waals surface area (Å²) in [6, 6.07) is 9.33. The summed E-state index contributed by atoms with van der Waals surface area (Å²) in [6.45, 7) is 0.647. The molecule has 4 nitrogen and oxygen atoms in total. The van der Waals surface area contributed by atoms with Gasteiger partial charge in [-0.25, -0.2) is 9.97 Å². The SMILES string of the molecule is Nc1ccccc1OCCCSc1ncccn1. The zero-order valence-electron chi connectivity index (χ0n) is 9.95. The molecule has 0 spiro atoms. The normalized spacial score (nSPS) is 10.2. The molecule has 0 atom stereocenters. The van der Waals surface area contributed by atoms with E-state index in [9.17, 15) is 0 Å². The number of anilines is 1. The lowest BCUT2D eigenvalue weighted by atomic mass is 10.3. The van der Waals surface area contributed by atoms with Gasteiger partial charge >= 0.3 is 0 Å². The van der Waals surface area contributed by atoms with Crippen molar-refractivity contribution in [2.45, 2.75) is 11.6 Å². The molecular weight excluding hydrogens is 246 g/mol. The number of rotatable bonds is 6. The van der Waals surface area contributed by atoms with Crippen LogP contribution in [-0.4, -0.2) is 22.3 Å². The summed E-state index contributed by atoms with van der Waals surface area (Å²) >= 11 is 1.63. The molecule has 2 aromatic rings. The van der Waals surface area contributed by atoms with Crippen LogP contribution in [0.3, 0.4) is 0 Å². The molecule has 0 bridgehead atoms. The lowest BCUT2D eigenvalue weighted by Gasteiger charge is -2.07. The second-order valence-corrected chi connectivity index (χ2v) is 4.68. The van der Waals surface area contributed by atoms with E-state index >= 15 is 0 Å². The van der Waals surface area contributed by atoms with Gasteiger partial charge in [-0.1, -0.05) is 23.9 Å². The summed E-state index contributed by atoms with van der Waals surface area (Å²) in [6.07, 6.45) is 4.42. The molecular formula is C13H15N3OS. The Balaban J connectivity index is 1.66. The van der Waals surface area contributed by atoms with Crippen molar-refractivity contribution >= 4 is 17.4 Å². The van der Waals surface area contributed by atoms with Crippen LogP contribution in [0.25, 0.3) is 0 Å². The van der Waals surface area contributed by atoms with E-state index < -0.39 is 0 Å². The fraction of sp³-hybridized carbons (Fsp3) is 0.231. The lowest BCUT2D eigenvalue weighted by molar-refractivity contribution is 0.320. The maximum Gasteiger partial charge on any atom is 0.187 e. The molecule has 0 saturated heterocycles. The van der Waals surface area contributed by atoms with Crippen molar-refractivity contribution in [2.24, 2.45) is 0 Å². The van der Waals surface area contributed by atoms with Gasteiger partial charge in [-0.2, -0.15) is 0 Å². The van der Waals surface area contributed by atoms with Gasteiger partial charge in [-0.3, -0.25) is 0 Å². The summed E-state index contributed by atoms with van der Waals surface area (Å²) < 4.78 is 5.60. The third kappa shape index (κ3) is 3.92. The molecule has 94 valence electrons. The molecule has 0 radical (unpaired) electrons. The lowest BCUT2D eigenvalue weighted by Crippen LogP contribution is -2.01. The van der Waals surface area contributed by atoms with E-state index in [0.29, 0.717) is 12.3 Å². The van der Waals surface area contributed by atoms with Crippen molar-refractivity contribution in [3.63, 3.8) is 0 Å². The van der Waals surface area contributed by atoms with Crippen LogP contribution >= 0.6 is 11.8 Å². The van der Waals surface area contributed by atoms with Gasteiger partial charge in [0.15, 0.2) is 5.16 Å². The average Bonchev–Trinajstić information content (AvgIpc) is 2.42.